The van der Waals surface area contributed by atoms with Crippen LogP contribution in [0.4, 0.5) is 0 Å². The van der Waals surface area contributed by atoms with Crippen LogP contribution in [-0.2, 0) is 22.6 Å². The van der Waals surface area contributed by atoms with Crippen LogP contribution in [0.15, 0.2) is 53.4 Å². The Balaban J connectivity index is 2.06. The molecular weight excluding hydrogens is 348 g/mol. The van der Waals surface area contributed by atoms with E-state index in [2.05, 4.69) is 6.92 Å². The Hall–Kier alpha value is -2.78. The van der Waals surface area contributed by atoms with Gasteiger partial charge in [-0.15, -0.1) is 11.8 Å². The molecule has 0 atom stereocenters. The van der Waals surface area contributed by atoms with Crippen molar-refractivity contribution in [2.24, 2.45) is 0 Å². The SMILES string of the molecule is CCc1ccccc1SCC(=O)N(CC(=O)O)Cc1ccc(C#N)cc1. The molecule has 2 aromatic rings. The lowest BCUT2D eigenvalue weighted by Crippen LogP contribution is -2.36. The number of amides is 1. The van der Waals surface area contributed by atoms with Crippen LogP contribution in [0.2, 0.25) is 0 Å². The van der Waals surface area contributed by atoms with Crippen molar-refractivity contribution < 1.29 is 14.7 Å². The van der Waals surface area contributed by atoms with Gasteiger partial charge in [-0.2, -0.15) is 5.26 Å². The van der Waals surface area contributed by atoms with Crippen LogP contribution >= 0.6 is 11.8 Å². The molecule has 0 fully saturated rings. The smallest absolute Gasteiger partial charge is 0.323 e. The molecule has 0 aliphatic rings. The number of aliphatic carboxylic acids is 1. The fourth-order valence-electron chi connectivity index (χ4n) is 2.47. The van der Waals surface area contributed by atoms with Crippen LogP contribution in [0, 0.1) is 11.3 Å². The zero-order valence-corrected chi connectivity index (χ0v) is 15.3. The molecule has 134 valence electrons. The second-order valence-corrected chi connectivity index (χ2v) is 6.72. The van der Waals surface area contributed by atoms with Crippen LogP contribution in [-0.4, -0.2) is 34.2 Å². The van der Waals surface area contributed by atoms with E-state index in [0.717, 1.165) is 16.9 Å². The molecule has 0 aromatic heterocycles. The first kappa shape index (κ1) is 19.5. The lowest BCUT2D eigenvalue weighted by atomic mass is 10.1. The first-order chi connectivity index (χ1) is 12.5. The summed E-state index contributed by atoms with van der Waals surface area (Å²) in [4.78, 5) is 26.1. The topological polar surface area (TPSA) is 81.4 Å². The van der Waals surface area contributed by atoms with Gasteiger partial charge in [-0.3, -0.25) is 9.59 Å². The van der Waals surface area contributed by atoms with E-state index in [4.69, 9.17) is 10.4 Å². The number of carboxylic acids is 1. The zero-order chi connectivity index (χ0) is 18.9. The van der Waals surface area contributed by atoms with Crippen molar-refractivity contribution in [3.63, 3.8) is 0 Å². The third-order valence-corrected chi connectivity index (χ3v) is 4.94. The Bertz CT molecular complexity index is 813. The number of nitriles is 1. The van der Waals surface area contributed by atoms with Crippen molar-refractivity contribution in [3.05, 3.63) is 65.2 Å². The monoisotopic (exact) mass is 368 g/mol. The number of hydrogen-bond acceptors (Lipinski definition) is 4. The maximum absolute atomic E-state index is 12.6. The number of carboxylic acid groups (broad SMARTS) is 1. The quantitative estimate of drug-likeness (QED) is 0.723. The van der Waals surface area contributed by atoms with Crippen molar-refractivity contribution in [3.8, 4) is 6.07 Å². The van der Waals surface area contributed by atoms with Gasteiger partial charge >= 0.3 is 5.97 Å². The molecule has 0 unspecified atom stereocenters. The van der Waals surface area contributed by atoms with Gasteiger partial charge in [0.25, 0.3) is 0 Å². The minimum absolute atomic E-state index is 0.181. The molecule has 0 bridgehead atoms. The Morgan fingerprint density at radius 2 is 1.85 bits per heavy atom. The molecule has 0 radical (unpaired) electrons. The number of nitrogens with zero attached hydrogens (tertiary/aromatic N) is 2. The fraction of sp³-hybridized carbons (Fsp3) is 0.250. The second-order valence-electron chi connectivity index (χ2n) is 5.70. The van der Waals surface area contributed by atoms with E-state index in [0.29, 0.717) is 5.56 Å². The molecule has 0 aliphatic carbocycles. The highest BCUT2D eigenvalue weighted by atomic mass is 32.2. The summed E-state index contributed by atoms with van der Waals surface area (Å²) < 4.78 is 0. The Kier molecular flexibility index (Phi) is 7.24. The highest BCUT2D eigenvalue weighted by molar-refractivity contribution is 8.00. The van der Waals surface area contributed by atoms with Crippen molar-refractivity contribution in [2.75, 3.05) is 12.3 Å². The van der Waals surface area contributed by atoms with Gasteiger partial charge in [0.15, 0.2) is 0 Å². The molecular formula is C20H20N2O3S. The highest BCUT2D eigenvalue weighted by Gasteiger charge is 2.18. The van der Waals surface area contributed by atoms with Gasteiger partial charge in [0.2, 0.25) is 5.91 Å². The zero-order valence-electron chi connectivity index (χ0n) is 14.5. The van der Waals surface area contributed by atoms with Crippen LogP contribution in [0.25, 0.3) is 0 Å². The van der Waals surface area contributed by atoms with Crippen LogP contribution < -0.4 is 0 Å². The average molecular weight is 368 g/mol. The van der Waals surface area contributed by atoms with Crippen molar-refractivity contribution in [1.29, 1.82) is 5.26 Å². The number of benzene rings is 2. The lowest BCUT2D eigenvalue weighted by Gasteiger charge is -2.21. The minimum atomic E-state index is -1.05. The highest BCUT2D eigenvalue weighted by Crippen LogP contribution is 2.23. The first-order valence-electron chi connectivity index (χ1n) is 8.22. The normalized spacial score (nSPS) is 10.2. The van der Waals surface area contributed by atoms with Gasteiger partial charge < -0.3 is 10.0 Å². The number of rotatable bonds is 8. The van der Waals surface area contributed by atoms with E-state index < -0.39 is 5.97 Å². The van der Waals surface area contributed by atoms with Crippen molar-refractivity contribution in [2.45, 2.75) is 24.8 Å². The fourth-order valence-corrected chi connectivity index (χ4v) is 3.50. The lowest BCUT2D eigenvalue weighted by molar-refractivity contribution is -0.143. The second kappa shape index (κ2) is 9.64. The third kappa shape index (κ3) is 5.64. The average Bonchev–Trinajstić information content (AvgIpc) is 2.66. The maximum Gasteiger partial charge on any atom is 0.323 e. The maximum atomic E-state index is 12.6. The summed E-state index contributed by atoms with van der Waals surface area (Å²) in [6.07, 6.45) is 0.876. The number of carbonyl (C=O) groups is 2. The van der Waals surface area contributed by atoms with Crippen LogP contribution in [0.1, 0.15) is 23.6 Å². The minimum Gasteiger partial charge on any atom is -0.480 e. The van der Waals surface area contributed by atoms with Gasteiger partial charge in [0.1, 0.15) is 6.54 Å². The Morgan fingerprint density at radius 1 is 1.15 bits per heavy atom. The number of aryl methyl sites for hydroxylation is 1. The molecule has 0 aliphatic heterocycles. The Morgan fingerprint density at radius 3 is 2.46 bits per heavy atom. The summed E-state index contributed by atoms with van der Waals surface area (Å²) in [6.45, 7) is 1.91. The molecule has 0 spiro atoms. The standard InChI is InChI=1S/C20H20N2O3S/c1-2-17-5-3-4-6-18(17)26-14-19(23)22(13-20(24)25)12-16-9-7-15(11-21)8-10-16/h3-10H,2,12-14H2,1H3,(H,24,25). The van der Waals surface area contributed by atoms with E-state index >= 15 is 0 Å². The van der Waals surface area contributed by atoms with Gasteiger partial charge in [0.05, 0.1) is 17.4 Å². The summed E-state index contributed by atoms with van der Waals surface area (Å²) in [7, 11) is 0. The predicted molar refractivity (Wildman–Crippen MR) is 101 cm³/mol. The summed E-state index contributed by atoms with van der Waals surface area (Å²) in [5.41, 5.74) is 2.48. The van der Waals surface area contributed by atoms with Crippen molar-refractivity contribution in [1.82, 2.24) is 4.90 Å². The summed E-state index contributed by atoms with van der Waals surface area (Å²) in [6, 6.07) is 16.7. The number of hydrogen-bond donors (Lipinski definition) is 1. The summed E-state index contributed by atoms with van der Waals surface area (Å²) in [5, 5.41) is 18.0. The van der Waals surface area contributed by atoms with Crippen LogP contribution in [0.5, 0.6) is 0 Å². The van der Waals surface area contributed by atoms with Crippen molar-refractivity contribution >= 4 is 23.6 Å². The molecule has 1 N–H and O–H groups in total. The molecule has 2 rings (SSSR count). The van der Waals surface area contributed by atoms with E-state index in [1.54, 1.807) is 24.3 Å². The van der Waals surface area contributed by atoms with Gasteiger partial charge in [-0.05, 0) is 35.7 Å². The summed E-state index contributed by atoms with van der Waals surface area (Å²) in [5.74, 6) is -1.10. The molecule has 2 aromatic carbocycles. The molecule has 1 amide bonds. The van der Waals surface area contributed by atoms with E-state index in [9.17, 15) is 9.59 Å². The van der Waals surface area contributed by atoms with Gasteiger partial charge in [-0.25, -0.2) is 0 Å². The van der Waals surface area contributed by atoms with E-state index in [1.165, 1.54) is 22.2 Å². The van der Waals surface area contributed by atoms with E-state index in [-0.39, 0.29) is 24.7 Å². The number of thioether (sulfide) groups is 1. The Labute approximate surface area is 157 Å². The molecule has 0 heterocycles. The molecule has 26 heavy (non-hydrogen) atoms. The van der Waals surface area contributed by atoms with Crippen LogP contribution in [0.3, 0.4) is 0 Å². The summed E-state index contributed by atoms with van der Waals surface area (Å²) >= 11 is 1.42. The molecule has 5 nitrogen and oxygen atoms in total. The molecule has 0 saturated carbocycles. The first-order valence-corrected chi connectivity index (χ1v) is 9.21. The van der Waals surface area contributed by atoms with Gasteiger partial charge in [0, 0.05) is 11.4 Å². The third-order valence-electron chi connectivity index (χ3n) is 3.84. The van der Waals surface area contributed by atoms with E-state index in [1.807, 2.05) is 30.3 Å². The predicted octanol–water partition coefficient (Wildman–Crippen LogP) is 3.33. The largest absolute Gasteiger partial charge is 0.480 e. The molecule has 6 heteroatoms. The van der Waals surface area contributed by atoms with Gasteiger partial charge in [-0.1, -0.05) is 37.3 Å². The molecule has 0 saturated heterocycles. The number of carbonyl (C=O) groups excluding carboxylic acids is 1.